The zero-order valence-electron chi connectivity index (χ0n) is 27.1. The summed E-state index contributed by atoms with van der Waals surface area (Å²) in [7, 11) is 0. The van der Waals surface area contributed by atoms with Crippen LogP contribution in [0.2, 0.25) is 0 Å². The van der Waals surface area contributed by atoms with Crippen LogP contribution in [0.4, 0.5) is 4.79 Å². The second-order valence-electron chi connectivity index (χ2n) is 12.2. The number of nitrogens with zero attached hydrogens (tertiary/aromatic N) is 1. The molecule has 0 saturated heterocycles. The van der Waals surface area contributed by atoms with Gasteiger partial charge in [-0.15, -0.1) is 0 Å². The van der Waals surface area contributed by atoms with E-state index in [0.717, 1.165) is 62.5 Å². The first-order chi connectivity index (χ1) is 19.8. The molecule has 0 spiro atoms. The average molecular weight is 589 g/mol. The van der Waals surface area contributed by atoms with Crippen molar-refractivity contribution in [2.24, 2.45) is 5.73 Å². The second kappa shape index (κ2) is 19.2. The third-order valence-electron chi connectivity index (χ3n) is 7.19. The van der Waals surface area contributed by atoms with Gasteiger partial charge in [-0.25, -0.2) is 4.79 Å². The number of aryl methyl sites for hydroxylation is 2. The van der Waals surface area contributed by atoms with Crippen LogP contribution in [0.5, 0.6) is 0 Å². The summed E-state index contributed by atoms with van der Waals surface area (Å²) in [5.41, 5.74) is 7.45. The molecule has 9 heteroatoms. The Morgan fingerprint density at radius 1 is 0.905 bits per heavy atom. The van der Waals surface area contributed by atoms with Crippen LogP contribution in [0.1, 0.15) is 128 Å². The van der Waals surface area contributed by atoms with E-state index in [1.165, 1.54) is 0 Å². The number of benzene rings is 1. The zero-order chi connectivity index (χ0) is 31.7. The molecule has 0 aliphatic rings. The Kier molecular flexibility index (Phi) is 16.8. The third-order valence-corrected chi connectivity index (χ3v) is 7.19. The van der Waals surface area contributed by atoms with E-state index in [1.54, 1.807) is 25.7 Å². The molecule has 0 aliphatic carbocycles. The predicted molar refractivity (Wildman–Crippen MR) is 168 cm³/mol. The lowest BCUT2D eigenvalue weighted by atomic mass is 9.97. The van der Waals surface area contributed by atoms with E-state index < -0.39 is 35.6 Å². The fraction of sp³-hybridized carbons (Fsp3) is 0.697. The maximum Gasteiger partial charge on any atom is 0.408 e. The van der Waals surface area contributed by atoms with Crippen LogP contribution in [0.3, 0.4) is 0 Å². The lowest BCUT2D eigenvalue weighted by Crippen LogP contribution is -2.53. The van der Waals surface area contributed by atoms with Crippen LogP contribution in [0.15, 0.2) is 18.2 Å². The molecule has 1 aromatic carbocycles. The van der Waals surface area contributed by atoms with E-state index in [-0.39, 0.29) is 18.7 Å². The first-order valence-electron chi connectivity index (χ1n) is 15.7. The van der Waals surface area contributed by atoms with E-state index in [1.807, 2.05) is 32.0 Å². The Balaban J connectivity index is 3.48. The van der Waals surface area contributed by atoms with Gasteiger partial charge in [-0.05, 0) is 70.6 Å². The van der Waals surface area contributed by atoms with Crippen molar-refractivity contribution >= 4 is 23.8 Å². The lowest BCUT2D eigenvalue weighted by Gasteiger charge is -2.35. The van der Waals surface area contributed by atoms with E-state index in [9.17, 15) is 19.2 Å². The van der Waals surface area contributed by atoms with Gasteiger partial charge in [0.1, 0.15) is 17.7 Å². The summed E-state index contributed by atoms with van der Waals surface area (Å²) in [6.07, 6.45) is 8.04. The average Bonchev–Trinajstić information content (AvgIpc) is 2.90. The van der Waals surface area contributed by atoms with E-state index in [0.29, 0.717) is 25.1 Å². The standard InChI is InChI=1S/C33H56N4O5/c1-8-10-12-13-14-16-22-37(31(40)27(19-20-28(34)38)36-32(41)42-33(5,6)7)29(30(39)35-21-15-11-9-2)26-18-17-24(3)25(4)23-26/h17-18,23,27,29H,8-16,19-22H2,1-7H3,(H2,34,38)(H,35,39)(H,36,41). The van der Waals surface area contributed by atoms with Gasteiger partial charge in [0.2, 0.25) is 17.7 Å². The minimum absolute atomic E-state index is 0.00181. The molecule has 2 unspecified atom stereocenters. The predicted octanol–water partition coefficient (Wildman–Crippen LogP) is 6.00. The van der Waals surface area contributed by atoms with Gasteiger partial charge in [0, 0.05) is 19.5 Å². The van der Waals surface area contributed by atoms with Crippen molar-refractivity contribution in [1.29, 1.82) is 0 Å². The monoisotopic (exact) mass is 588 g/mol. The molecule has 0 bridgehead atoms. The van der Waals surface area contributed by atoms with Crippen molar-refractivity contribution in [2.75, 3.05) is 13.1 Å². The highest BCUT2D eigenvalue weighted by molar-refractivity contribution is 5.92. The van der Waals surface area contributed by atoms with Gasteiger partial charge < -0.3 is 26.0 Å². The molecule has 42 heavy (non-hydrogen) atoms. The third kappa shape index (κ3) is 14.2. The quantitative estimate of drug-likeness (QED) is 0.171. The molecule has 1 rings (SSSR count). The molecule has 0 fully saturated rings. The van der Waals surface area contributed by atoms with Crippen LogP contribution in [-0.2, 0) is 19.1 Å². The van der Waals surface area contributed by atoms with Crippen LogP contribution in [0, 0.1) is 13.8 Å². The smallest absolute Gasteiger partial charge is 0.408 e. The lowest BCUT2D eigenvalue weighted by molar-refractivity contribution is -0.142. The first kappa shape index (κ1) is 36.9. The number of nitrogens with one attached hydrogen (secondary N) is 2. The summed E-state index contributed by atoms with van der Waals surface area (Å²) in [5.74, 6) is -1.29. The summed E-state index contributed by atoms with van der Waals surface area (Å²) in [6, 6.07) is 3.81. The van der Waals surface area contributed by atoms with Gasteiger partial charge in [0.25, 0.3) is 0 Å². The summed E-state index contributed by atoms with van der Waals surface area (Å²) in [5, 5.41) is 5.71. The second-order valence-corrected chi connectivity index (χ2v) is 12.2. The molecule has 0 heterocycles. The van der Waals surface area contributed by atoms with E-state index in [4.69, 9.17) is 10.5 Å². The van der Waals surface area contributed by atoms with Crippen LogP contribution >= 0.6 is 0 Å². The van der Waals surface area contributed by atoms with Gasteiger partial charge in [-0.2, -0.15) is 0 Å². The van der Waals surface area contributed by atoms with E-state index in [2.05, 4.69) is 24.5 Å². The molecule has 4 N–H and O–H groups in total. The van der Waals surface area contributed by atoms with Crippen molar-refractivity contribution < 1.29 is 23.9 Å². The highest BCUT2D eigenvalue weighted by atomic mass is 16.6. The number of primary amides is 1. The maximum atomic E-state index is 14.3. The zero-order valence-corrected chi connectivity index (χ0v) is 27.1. The summed E-state index contributed by atoms with van der Waals surface area (Å²) in [6.45, 7) is 14.3. The Morgan fingerprint density at radius 2 is 1.52 bits per heavy atom. The van der Waals surface area contributed by atoms with Crippen molar-refractivity contribution in [1.82, 2.24) is 15.5 Å². The number of alkyl carbamates (subject to hydrolysis) is 1. The number of rotatable bonds is 19. The van der Waals surface area contributed by atoms with Crippen molar-refractivity contribution in [2.45, 2.75) is 137 Å². The molecule has 9 nitrogen and oxygen atoms in total. The van der Waals surface area contributed by atoms with Crippen molar-refractivity contribution in [3.63, 3.8) is 0 Å². The number of carbonyl (C=O) groups is 4. The van der Waals surface area contributed by atoms with Crippen LogP contribution < -0.4 is 16.4 Å². The Morgan fingerprint density at radius 3 is 2.12 bits per heavy atom. The SMILES string of the molecule is CCCCCCCCN(C(=O)C(CCC(N)=O)NC(=O)OC(C)(C)C)C(C(=O)NCCCCC)c1ccc(C)c(C)c1. The first-order valence-corrected chi connectivity index (χ1v) is 15.7. The fourth-order valence-electron chi connectivity index (χ4n) is 4.71. The molecule has 238 valence electrons. The largest absolute Gasteiger partial charge is 0.444 e. The van der Waals surface area contributed by atoms with Crippen molar-refractivity contribution in [3.05, 3.63) is 34.9 Å². The van der Waals surface area contributed by atoms with Crippen molar-refractivity contribution in [3.8, 4) is 0 Å². The van der Waals surface area contributed by atoms with Gasteiger partial charge in [0.05, 0.1) is 0 Å². The van der Waals surface area contributed by atoms with Gasteiger partial charge in [-0.1, -0.05) is 77.0 Å². The Labute approximate surface area is 253 Å². The number of hydrogen-bond donors (Lipinski definition) is 3. The molecule has 1 aromatic rings. The fourth-order valence-corrected chi connectivity index (χ4v) is 4.71. The topological polar surface area (TPSA) is 131 Å². The number of carbonyl (C=O) groups excluding carboxylic acids is 4. The maximum absolute atomic E-state index is 14.3. The Bertz CT molecular complexity index is 1000. The highest BCUT2D eigenvalue weighted by Crippen LogP contribution is 2.26. The molecule has 0 aliphatic heterocycles. The number of hydrogen-bond acceptors (Lipinski definition) is 5. The number of unbranched alkanes of at least 4 members (excludes halogenated alkanes) is 7. The molecular weight excluding hydrogens is 532 g/mol. The van der Waals surface area contributed by atoms with Gasteiger partial charge in [-0.3, -0.25) is 14.4 Å². The van der Waals surface area contributed by atoms with Crippen LogP contribution in [0.25, 0.3) is 0 Å². The Hall–Kier alpha value is -3.10. The summed E-state index contributed by atoms with van der Waals surface area (Å²) in [4.78, 5) is 54.2. The molecule has 0 aromatic heterocycles. The number of nitrogens with two attached hydrogens (primary N) is 1. The van der Waals surface area contributed by atoms with E-state index >= 15 is 0 Å². The van der Waals surface area contributed by atoms with Gasteiger partial charge in [0.15, 0.2) is 0 Å². The molecular formula is C33H56N4O5. The van der Waals surface area contributed by atoms with Crippen LogP contribution in [-0.4, -0.2) is 53.4 Å². The minimum atomic E-state index is -1.09. The minimum Gasteiger partial charge on any atom is -0.444 e. The summed E-state index contributed by atoms with van der Waals surface area (Å²) < 4.78 is 5.42. The number of amides is 4. The molecule has 0 saturated carbocycles. The number of ether oxygens (including phenoxy) is 1. The highest BCUT2D eigenvalue weighted by Gasteiger charge is 2.36. The molecule has 0 radical (unpaired) electrons. The summed E-state index contributed by atoms with van der Waals surface area (Å²) >= 11 is 0. The molecule has 4 amide bonds. The van der Waals surface area contributed by atoms with Gasteiger partial charge >= 0.3 is 6.09 Å². The molecule has 2 atom stereocenters. The normalized spacial score (nSPS) is 12.7.